The number of H-pyrrole nitrogens is 1. The molecule has 1 aromatic carbocycles. The number of para-hydroxylation sites is 1. The summed E-state index contributed by atoms with van der Waals surface area (Å²) < 4.78 is 0. The van der Waals surface area contributed by atoms with Crippen LogP contribution in [-0.2, 0) is 6.42 Å². The molecule has 136 valence electrons. The molecular weight excluding hydrogens is 322 g/mol. The van der Waals surface area contributed by atoms with E-state index < -0.39 is 0 Å². The molecule has 1 aliphatic rings. The highest BCUT2D eigenvalue weighted by Crippen LogP contribution is 2.21. The van der Waals surface area contributed by atoms with Gasteiger partial charge in [0.05, 0.1) is 0 Å². The number of nitrogens with zero attached hydrogens (tertiary/aromatic N) is 2. The van der Waals surface area contributed by atoms with E-state index >= 15 is 0 Å². The summed E-state index contributed by atoms with van der Waals surface area (Å²) in [6.45, 7) is 2.87. The van der Waals surface area contributed by atoms with Crippen LogP contribution < -0.4 is 10.6 Å². The zero-order chi connectivity index (χ0) is 17.8. The van der Waals surface area contributed by atoms with Crippen LogP contribution in [0.25, 0.3) is 10.9 Å². The number of benzene rings is 1. The maximum atomic E-state index is 4.67. The van der Waals surface area contributed by atoms with Crippen LogP contribution in [0.1, 0.15) is 43.4 Å². The molecule has 2 aromatic heterocycles. The minimum atomic E-state index is 0.518. The molecule has 0 aliphatic heterocycles. The van der Waals surface area contributed by atoms with Gasteiger partial charge in [0.2, 0.25) is 5.95 Å². The fourth-order valence-corrected chi connectivity index (χ4v) is 3.82. The fraction of sp³-hybridized carbons (Fsp3) is 0.429. The summed E-state index contributed by atoms with van der Waals surface area (Å²) in [6, 6.07) is 11.0. The second kappa shape index (κ2) is 7.77. The van der Waals surface area contributed by atoms with Crippen LogP contribution >= 0.6 is 0 Å². The average molecular weight is 349 g/mol. The number of rotatable bonds is 6. The lowest BCUT2D eigenvalue weighted by molar-refractivity contribution is 0.461. The molecular formula is C21H27N5. The van der Waals surface area contributed by atoms with E-state index in [2.05, 4.69) is 56.0 Å². The molecule has 5 heteroatoms. The van der Waals surface area contributed by atoms with Gasteiger partial charge in [-0.05, 0) is 37.8 Å². The normalized spacial score (nSPS) is 15.3. The lowest BCUT2D eigenvalue weighted by Crippen LogP contribution is -2.24. The molecule has 3 aromatic rings. The van der Waals surface area contributed by atoms with Gasteiger partial charge in [0.25, 0.3) is 0 Å². The fourth-order valence-electron chi connectivity index (χ4n) is 3.82. The first-order chi connectivity index (χ1) is 12.8. The van der Waals surface area contributed by atoms with Crippen LogP contribution in [0.2, 0.25) is 0 Å². The number of hydrogen-bond donors (Lipinski definition) is 3. The molecule has 0 radical (unpaired) electrons. The summed E-state index contributed by atoms with van der Waals surface area (Å²) in [7, 11) is 0. The molecule has 2 heterocycles. The summed E-state index contributed by atoms with van der Waals surface area (Å²) >= 11 is 0. The van der Waals surface area contributed by atoms with E-state index in [0.29, 0.717) is 6.04 Å². The van der Waals surface area contributed by atoms with Crippen LogP contribution in [0.3, 0.4) is 0 Å². The molecule has 0 amide bonds. The third kappa shape index (κ3) is 3.98. The van der Waals surface area contributed by atoms with Crippen molar-refractivity contribution in [1.82, 2.24) is 15.0 Å². The Morgan fingerprint density at radius 3 is 2.85 bits per heavy atom. The lowest BCUT2D eigenvalue weighted by Gasteiger charge is -2.23. The van der Waals surface area contributed by atoms with E-state index in [1.807, 2.05) is 13.0 Å². The van der Waals surface area contributed by atoms with E-state index in [1.165, 1.54) is 48.6 Å². The Bertz CT molecular complexity index is 864. The lowest BCUT2D eigenvalue weighted by atomic mass is 9.96. The molecule has 1 aliphatic carbocycles. The van der Waals surface area contributed by atoms with Crippen LogP contribution in [0, 0.1) is 6.92 Å². The van der Waals surface area contributed by atoms with Gasteiger partial charge < -0.3 is 15.6 Å². The van der Waals surface area contributed by atoms with Gasteiger partial charge in [0, 0.05) is 41.4 Å². The van der Waals surface area contributed by atoms with Gasteiger partial charge in [-0.25, -0.2) is 4.98 Å². The molecule has 4 rings (SSSR count). The molecule has 0 spiro atoms. The topological polar surface area (TPSA) is 65.6 Å². The Kier molecular flexibility index (Phi) is 5.04. The molecule has 0 bridgehead atoms. The van der Waals surface area contributed by atoms with E-state index in [-0.39, 0.29) is 0 Å². The van der Waals surface area contributed by atoms with Crippen molar-refractivity contribution in [3.05, 3.63) is 47.8 Å². The van der Waals surface area contributed by atoms with Crippen LogP contribution in [-0.4, -0.2) is 27.5 Å². The minimum Gasteiger partial charge on any atom is -0.370 e. The molecule has 26 heavy (non-hydrogen) atoms. The molecule has 1 saturated carbocycles. The molecule has 3 N–H and O–H groups in total. The van der Waals surface area contributed by atoms with Crippen molar-refractivity contribution < 1.29 is 0 Å². The smallest absolute Gasteiger partial charge is 0.225 e. The highest BCUT2D eigenvalue weighted by atomic mass is 15.2. The van der Waals surface area contributed by atoms with Gasteiger partial charge in [0.15, 0.2) is 0 Å². The quantitative estimate of drug-likeness (QED) is 0.605. The van der Waals surface area contributed by atoms with E-state index in [4.69, 9.17) is 0 Å². The first-order valence-corrected chi connectivity index (χ1v) is 9.69. The Hall–Kier alpha value is -2.56. The maximum absolute atomic E-state index is 4.67. The van der Waals surface area contributed by atoms with Crippen molar-refractivity contribution in [2.45, 2.75) is 51.5 Å². The summed E-state index contributed by atoms with van der Waals surface area (Å²) in [5.74, 6) is 1.65. The molecule has 1 fully saturated rings. The Morgan fingerprint density at radius 1 is 1.12 bits per heavy atom. The summed E-state index contributed by atoms with van der Waals surface area (Å²) in [5, 5.41) is 8.28. The zero-order valence-corrected chi connectivity index (χ0v) is 15.4. The first kappa shape index (κ1) is 16.9. The van der Waals surface area contributed by atoms with Crippen molar-refractivity contribution in [2.75, 3.05) is 17.2 Å². The predicted octanol–water partition coefficient (Wildman–Crippen LogP) is 4.67. The number of hydrogen-bond acceptors (Lipinski definition) is 4. The third-order valence-electron chi connectivity index (χ3n) is 5.17. The molecule has 0 atom stereocenters. The maximum Gasteiger partial charge on any atom is 0.225 e. The number of aryl methyl sites for hydroxylation is 1. The van der Waals surface area contributed by atoms with Gasteiger partial charge in [-0.3, -0.25) is 0 Å². The van der Waals surface area contributed by atoms with E-state index in [0.717, 1.165) is 30.4 Å². The van der Waals surface area contributed by atoms with E-state index in [9.17, 15) is 0 Å². The van der Waals surface area contributed by atoms with Gasteiger partial charge in [-0.2, -0.15) is 4.98 Å². The second-order valence-electron chi connectivity index (χ2n) is 7.23. The molecule has 0 saturated heterocycles. The van der Waals surface area contributed by atoms with Crippen LogP contribution in [0.15, 0.2) is 36.5 Å². The highest BCUT2D eigenvalue weighted by Gasteiger charge is 2.14. The van der Waals surface area contributed by atoms with Gasteiger partial charge in [-0.15, -0.1) is 0 Å². The summed E-state index contributed by atoms with van der Waals surface area (Å²) in [5.41, 5.74) is 3.52. The van der Waals surface area contributed by atoms with E-state index in [1.54, 1.807) is 0 Å². The van der Waals surface area contributed by atoms with Crippen molar-refractivity contribution >= 4 is 22.7 Å². The Balaban J connectivity index is 1.38. The second-order valence-corrected chi connectivity index (χ2v) is 7.23. The van der Waals surface area contributed by atoms with Gasteiger partial charge in [-0.1, -0.05) is 37.5 Å². The van der Waals surface area contributed by atoms with Crippen LogP contribution in [0.5, 0.6) is 0 Å². The van der Waals surface area contributed by atoms with Crippen molar-refractivity contribution in [3.63, 3.8) is 0 Å². The number of anilines is 2. The molecule has 5 nitrogen and oxygen atoms in total. The number of aromatic amines is 1. The predicted molar refractivity (Wildman–Crippen MR) is 108 cm³/mol. The summed E-state index contributed by atoms with van der Waals surface area (Å²) in [6.07, 6.45) is 9.47. The Morgan fingerprint density at radius 2 is 1.96 bits per heavy atom. The minimum absolute atomic E-state index is 0.518. The third-order valence-corrected chi connectivity index (χ3v) is 5.17. The number of nitrogens with one attached hydrogen (secondary N) is 3. The first-order valence-electron chi connectivity index (χ1n) is 9.69. The zero-order valence-electron chi connectivity index (χ0n) is 15.4. The van der Waals surface area contributed by atoms with Gasteiger partial charge in [0.1, 0.15) is 5.82 Å². The van der Waals surface area contributed by atoms with Crippen molar-refractivity contribution in [2.24, 2.45) is 0 Å². The largest absolute Gasteiger partial charge is 0.370 e. The standard InChI is InChI=1S/C21H27N5/c1-15-13-20(26-21(24-15)25-17-7-3-2-4-8-17)22-12-11-16-14-23-19-10-6-5-9-18(16)19/h5-6,9-10,13-14,17,23H,2-4,7-8,11-12H2,1H3,(H2,22,24,25,26). The number of aromatic nitrogens is 3. The average Bonchev–Trinajstić information content (AvgIpc) is 3.05. The number of fused-ring (bicyclic) bond motifs is 1. The van der Waals surface area contributed by atoms with Crippen LogP contribution in [0.4, 0.5) is 11.8 Å². The van der Waals surface area contributed by atoms with Crippen molar-refractivity contribution in [1.29, 1.82) is 0 Å². The van der Waals surface area contributed by atoms with Gasteiger partial charge >= 0.3 is 0 Å². The molecule has 0 unspecified atom stereocenters. The Labute approximate surface area is 154 Å². The highest BCUT2D eigenvalue weighted by molar-refractivity contribution is 5.83. The SMILES string of the molecule is Cc1cc(NCCc2c[nH]c3ccccc23)nc(NC2CCCCC2)n1. The van der Waals surface area contributed by atoms with Crippen molar-refractivity contribution in [3.8, 4) is 0 Å². The monoisotopic (exact) mass is 349 g/mol. The summed E-state index contributed by atoms with van der Waals surface area (Å²) in [4.78, 5) is 12.6.